The predicted molar refractivity (Wildman–Crippen MR) is 99.5 cm³/mol. The van der Waals surface area contributed by atoms with Crippen molar-refractivity contribution in [1.29, 1.82) is 0 Å². The molecule has 1 aromatic carbocycles. The molecule has 0 atom stereocenters. The van der Waals surface area contributed by atoms with E-state index in [9.17, 15) is 9.59 Å². The summed E-state index contributed by atoms with van der Waals surface area (Å²) in [5.41, 5.74) is 1.17. The number of likely N-dealkylation sites (tertiary alicyclic amines) is 1. The van der Waals surface area contributed by atoms with Gasteiger partial charge in [-0.1, -0.05) is 29.8 Å². The van der Waals surface area contributed by atoms with Gasteiger partial charge < -0.3 is 16.0 Å². The Balaban J connectivity index is 1.60. The maximum Gasteiger partial charge on any atom is 0.314 e. The summed E-state index contributed by atoms with van der Waals surface area (Å²) < 4.78 is 0. The van der Waals surface area contributed by atoms with Crippen molar-refractivity contribution >= 4 is 23.5 Å². The average Bonchev–Trinajstić information content (AvgIpc) is 2.60. The fraction of sp³-hybridized carbons (Fsp3) is 0.556. The summed E-state index contributed by atoms with van der Waals surface area (Å²) in [6.45, 7) is 5.93. The summed E-state index contributed by atoms with van der Waals surface area (Å²) in [7, 11) is 0. The Kier molecular flexibility index (Phi) is 8.01. The van der Waals surface area contributed by atoms with Crippen LogP contribution in [-0.2, 0) is 11.3 Å². The van der Waals surface area contributed by atoms with E-state index in [1.54, 1.807) is 0 Å². The van der Waals surface area contributed by atoms with E-state index < -0.39 is 0 Å². The number of urea groups is 1. The number of hydrogen-bond acceptors (Lipinski definition) is 3. The van der Waals surface area contributed by atoms with Crippen molar-refractivity contribution in [2.24, 2.45) is 5.92 Å². The maximum absolute atomic E-state index is 11.7. The lowest BCUT2D eigenvalue weighted by atomic mass is 9.96. The molecule has 1 aromatic rings. The van der Waals surface area contributed by atoms with E-state index in [4.69, 9.17) is 11.6 Å². The summed E-state index contributed by atoms with van der Waals surface area (Å²) in [5, 5.41) is 9.11. The molecule has 1 aliphatic rings. The number of carbonyl (C=O) groups is 2. The number of carbonyl (C=O) groups excluding carboxylic acids is 2. The first-order valence-electron chi connectivity index (χ1n) is 8.76. The van der Waals surface area contributed by atoms with E-state index in [1.807, 2.05) is 18.2 Å². The summed E-state index contributed by atoms with van der Waals surface area (Å²) in [6, 6.07) is 7.79. The summed E-state index contributed by atoms with van der Waals surface area (Å²) in [4.78, 5) is 24.9. The predicted octanol–water partition coefficient (Wildman–Crippen LogP) is 1.99. The number of nitrogens with zero attached hydrogens (tertiary/aromatic N) is 1. The van der Waals surface area contributed by atoms with Gasteiger partial charge in [0.2, 0.25) is 5.91 Å². The Hall–Kier alpha value is -1.79. The van der Waals surface area contributed by atoms with E-state index in [1.165, 1.54) is 12.5 Å². The van der Waals surface area contributed by atoms with Crippen LogP contribution in [0, 0.1) is 5.92 Å². The highest BCUT2D eigenvalue weighted by Gasteiger charge is 2.20. The Morgan fingerprint density at radius 2 is 1.80 bits per heavy atom. The highest BCUT2D eigenvalue weighted by Crippen LogP contribution is 2.21. The van der Waals surface area contributed by atoms with Crippen molar-refractivity contribution in [3.05, 3.63) is 34.9 Å². The van der Waals surface area contributed by atoms with Crippen LogP contribution in [0.15, 0.2) is 24.3 Å². The number of rotatable bonds is 7. The van der Waals surface area contributed by atoms with Crippen LogP contribution in [0.3, 0.4) is 0 Å². The molecule has 3 amide bonds. The van der Waals surface area contributed by atoms with Crippen molar-refractivity contribution in [3.8, 4) is 0 Å². The van der Waals surface area contributed by atoms with Gasteiger partial charge in [0.1, 0.15) is 0 Å². The van der Waals surface area contributed by atoms with Crippen molar-refractivity contribution in [2.75, 3.05) is 32.7 Å². The Bertz CT molecular complexity index is 574. The zero-order valence-electron chi connectivity index (χ0n) is 14.7. The third-order valence-electron chi connectivity index (χ3n) is 4.39. The van der Waals surface area contributed by atoms with Gasteiger partial charge in [0.15, 0.2) is 0 Å². The largest absolute Gasteiger partial charge is 0.355 e. The third-order valence-corrected chi connectivity index (χ3v) is 4.76. The average molecular weight is 367 g/mol. The van der Waals surface area contributed by atoms with Crippen LogP contribution in [0.5, 0.6) is 0 Å². The second-order valence-electron chi connectivity index (χ2n) is 6.43. The summed E-state index contributed by atoms with van der Waals surface area (Å²) >= 11 is 6.22. The quantitative estimate of drug-likeness (QED) is 0.646. The van der Waals surface area contributed by atoms with Gasteiger partial charge in [0, 0.05) is 38.1 Å². The van der Waals surface area contributed by atoms with E-state index in [0.717, 1.165) is 37.5 Å². The molecule has 0 aromatic heterocycles. The van der Waals surface area contributed by atoms with Crippen LogP contribution in [0.4, 0.5) is 4.79 Å². The van der Waals surface area contributed by atoms with Gasteiger partial charge in [0.25, 0.3) is 0 Å². The number of amides is 3. The Morgan fingerprint density at radius 3 is 2.48 bits per heavy atom. The van der Waals surface area contributed by atoms with Gasteiger partial charge in [-0.05, 0) is 43.5 Å². The van der Waals surface area contributed by atoms with E-state index in [-0.39, 0.29) is 11.9 Å². The SMILES string of the molecule is CC(=O)NCCNC(=O)NCC1CCN(Cc2ccccc2Cl)CC1. The molecule has 138 valence electrons. The van der Waals surface area contributed by atoms with Gasteiger partial charge in [-0.25, -0.2) is 4.79 Å². The second-order valence-corrected chi connectivity index (χ2v) is 6.84. The van der Waals surface area contributed by atoms with Gasteiger partial charge in [-0.3, -0.25) is 9.69 Å². The topological polar surface area (TPSA) is 73.5 Å². The summed E-state index contributed by atoms with van der Waals surface area (Å²) in [5.74, 6) is 0.411. The maximum atomic E-state index is 11.7. The monoisotopic (exact) mass is 366 g/mol. The lowest BCUT2D eigenvalue weighted by Crippen LogP contribution is -2.43. The molecule has 1 heterocycles. The molecule has 0 spiro atoms. The van der Waals surface area contributed by atoms with E-state index in [0.29, 0.717) is 25.6 Å². The van der Waals surface area contributed by atoms with Crippen LogP contribution in [0.2, 0.25) is 5.02 Å². The lowest BCUT2D eigenvalue weighted by Gasteiger charge is -2.32. The van der Waals surface area contributed by atoms with Crippen LogP contribution in [-0.4, -0.2) is 49.6 Å². The fourth-order valence-electron chi connectivity index (χ4n) is 2.93. The molecule has 1 fully saturated rings. The van der Waals surface area contributed by atoms with Crippen LogP contribution >= 0.6 is 11.6 Å². The lowest BCUT2D eigenvalue weighted by molar-refractivity contribution is -0.118. The molecule has 3 N–H and O–H groups in total. The smallest absolute Gasteiger partial charge is 0.314 e. The Labute approximate surface area is 154 Å². The number of halogens is 1. The molecule has 1 aliphatic heterocycles. The molecule has 7 heteroatoms. The third kappa shape index (κ3) is 7.32. The highest BCUT2D eigenvalue weighted by molar-refractivity contribution is 6.31. The van der Waals surface area contributed by atoms with Crippen LogP contribution in [0.1, 0.15) is 25.3 Å². The van der Waals surface area contributed by atoms with E-state index >= 15 is 0 Å². The van der Waals surface area contributed by atoms with Crippen molar-refractivity contribution in [3.63, 3.8) is 0 Å². The number of nitrogens with one attached hydrogen (secondary N) is 3. The number of piperidine rings is 1. The van der Waals surface area contributed by atoms with E-state index in [2.05, 4.69) is 26.9 Å². The van der Waals surface area contributed by atoms with Crippen molar-refractivity contribution in [2.45, 2.75) is 26.3 Å². The molecular weight excluding hydrogens is 340 g/mol. The molecule has 25 heavy (non-hydrogen) atoms. The summed E-state index contributed by atoms with van der Waals surface area (Å²) in [6.07, 6.45) is 2.13. The molecule has 6 nitrogen and oxygen atoms in total. The zero-order chi connectivity index (χ0) is 18.1. The fourth-order valence-corrected chi connectivity index (χ4v) is 3.13. The van der Waals surface area contributed by atoms with Crippen LogP contribution in [0.25, 0.3) is 0 Å². The van der Waals surface area contributed by atoms with Gasteiger partial charge in [-0.2, -0.15) is 0 Å². The zero-order valence-corrected chi connectivity index (χ0v) is 15.4. The highest BCUT2D eigenvalue weighted by atomic mass is 35.5. The number of benzene rings is 1. The minimum Gasteiger partial charge on any atom is -0.355 e. The van der Waals surface area contributed by atoms with Gasteiger partial charge in [0.05, 0.1) is 0 Å². The van der Waals surface area contributed by atoms with Crippen LogP contribution < -0.4 is 16.0 Å². The molecule has 0 radical (unpaired) electrons. The molecule has 0 saturated carbocycles. The van der Waals surface area contributed by atoms with Gasteiger partial charge >= 0.3 is 6.03 Å². The molecule has 0 aliphatic carbocycles. The molecule has 1 saturated heterocycles. The standard InChI is InChI=1S/C18H27ClN4O2/c1-14(24)20-8-9-21-18(25)22-12-15-6-10-23(11-7-15)13-16-4-2-3-5-17(16)19/h2-5,15H,6-13H2,1H3,(H,20,24)(H2,21,22,25). The first-order valence-corrected chi connectivity index (χ1v) is 9.14. The van der Waals surface area contributed by atoms with Gasteiger partial charge in [-0.15, -0.1) is 0 Å². The minimum absolute atomic E-state index is 0.0919. The first kappa shape index (κ1) is 19.5. The van der Waals surface area contributed by atoms with Crippen molar-refractivity contribution in [1.82, 2.24) is 20.9 Å². The Morgan fingerprint density at radius 1 is 1.12 bits per heavy atom. The minimum atomic E-state index is -0.177. The molecule has 0 unspecified atom stereocenters. The van der Waals surface area contributed by atoms with Crippen molar-refractivity contribution < 1.29 is 9.59 Å². The first-order chi connectivity index (χ1) is 12.0. The molecule has 2 rings (SSSR count). The number of hydrogen-bond donors (Lipinski definition) is 3. The molecular formula is C18H27ClN4O2. The normalized spacial score (nSPS) is 15.6. The second kappa shape index (κ2) is 10.3. The molecule has 0 bridgehead atoms.